The van der Waals surface area contributed by atoms with Gasteiger partial charge in [0.1, 0.15) is 6.04 Å². The fourth-order valence-corrected chi connectivity index (χ4v) is 3.40. The van der Waals surface area contributed by atoms with Gasteiger partial charge in [0.2, 0.25) is 0 Å². The lowest BCUT2D eigenvalue weighted by atomic mass is 9.89. The van der Waals surface area contributed by atoms with Crippen molar-refractivity contribution in [3.05, 3.63) is 34.9 Å². The Bertz CT molecular complexity index is 490. The number of hydrazone groups is 1. The van der Waals surface area contributed by atoms with Crippen LogP contribution in [0.15, 0.2) is 18.2 Å². The predicted molar refractivity (Wildman–Crippen MR) is 84.3 cm³/mol. The largest absolute Gasteiger partial charge is 0.191 e. The molecular formula is C18H27N2+. The number of aryl methyl sites for hydroxylation is 2. The Labute approximate surface area is 122 Å². The van der Waals surface area contributed by atoms with Gasteiger partial charge >= 0.3 is 0 Å². The number of nitrogens with one attached hydrogen (secondary N) is 1. The van der Waals surface area contributed by atoms with Crippen molar-refractivity contribution in [1.29, 1.82) is 0 Å². The molecular weight excluding hydrogens is 244 g/mol. The summed E-state index contributed by atoms with van der Waals surface area (Å²) in [4.78, 5) is 0. The van der Waals surface area contributed by atoms with Crippen LogP contribution in [0.25, 0.3) is 0 Å². The molecule has 108 valence electrons. The van der Waals surface area contributed by atoms with Gasteiger partial charge in [0.25, 0.3) is 0 Å². The van der Waals surface area contributed by atoms with E-state index in [1.54, 1.807) is 11.1 Å². The van der Waals surface area contributed by atoms with E-state index in [9.17, 15) is 0 Å². The average molecular weight is 271 g/mol. The molecule has 1 aliphatic heterocycles. The van der Waals surface area contributed by atoms with E-state index in [1.807, 2.05) is 0 Å². The molecule has 1 atom stereocenters. The fourth-order valence-electron chi connectivity index (χ4n) is 3.40. The Kier molecular flexibility index (Phi) is 4.39. The van der Waals surface area contributed by atoms with Crippen LogP contribution in [0, 0.1) is 0 Å². The summed E-state index contributed by atoms with van der Waals surface area (Å²) in [6, 6.07) is 7.51. The first-order valence-corrected chi connectivity index (χ1v) is 8.31. The molecule has 1 aromatic carbocycles. The summed E-state index contributed by atoms with van der Waals surface area (Å²) in [5.74, 6) is 0. The van der Waals surface area contributed by atoms with Crippen molar-refractivity contribution < 1.29 is 4.68 Å². The minimum Gasteiger partial charge on any atom is -0.191 e. The van der Waals surface area contributed by atoms with E-state index >= 15 is 0 Å². The highest BCUT2D eigenvalue weighted by Gasteiger charge is 2.16. The van der Waals surface area contributed by atoms with Crippen LogP contribution in [0.2, 0.25) is 0 Å². The van der Waals surface area contributed by atoms with E-state index in [-0.39, 0.29) is 0 Å². The minimum absolute atomic E-state index is 0.400. The zero-order valence-electron chi connectivity index (χ0n) is 12.7. The summed E-state index contributed by atoms with van der Waals surface area (Å²) in [5.41, 5.74) is 8.26. The van der Waals surface area contributed by atoms with Gasteiger partial charge < -0.3 is 0 Å². The van der Waals surface area contributed by atoms with Gasteiger partial charge in [-0.1, -0.05) is 18.2 Å². The molecule has 1 aromatic rings. The minimum atomic E-state index is 0.400. The van der Waals surface area contributed by atoms with Crippen molar-refractivity contribution in [3.8, 4) is 0 Å². The van der Waals surface area contributed by atoms with Crippen LogP contribution in [0.5, 0.6) is 0 Å². The summed E-state index contributed by atoms with van der Waals surface area (Å²) < 4.78 is 2.32. The molecule has 0 radical (unpaired) electrons. The standard InChI is InChI=1S/C18H27N2/c1-15(19-20-12-6-2-3-7-13-20)17-11-10-16-8-4-5-9-18(16)14-17/h10-12,14-15,19H,2-9,13H2,1H3/q+1. The molecule has 1 N–H and O–H groups in total. The SMILES string of the molecule is CC(N[N+]1=CCCCCC1)c1ccc2c(c1)CCCC2. The highest BCUT2D eigenvalue weighted by atomic mass is 15.4. The Morgan fingerprint density at radius 3 is 2.75 bits per heavy atom. The van der Waals surface area contributed by atoms with Crippen molar-refractivity contribution in [2.75, 3.05) is 6.54 Å². The van der Waals surface area contributed by atoms with Gasteiger partial charge in [-0.05, 0) is 62.1 Å². The molecule has 0 fully saturated rings. The van der Waals surface area contributed by atoms with Crippen LogP contribution >= 0.6 is 0 Å². The van der Waals surface area contributed by atoms with Gasteiger partial charge in [0, 0.05) is 12.8 Å². The third-order valence-corrected chi connectivity index (χ3v) is 4.68. The number of hydrogen-bond donors (Lipinski definition) is 1. The van der Waals surface area contributed by atoms with Gasteiger partial charge in [-0.2, -0.15) is 5.43 Å². The van der Waals surface area contributed by atoms with Crippen LogP contribution in [0.4, 0.5) is 0 Å². The molecule has 3 rings (SSSR count). The Morgan fingerprint density at radius 1 is 1.00 bits per heavy atom. The lowest BCUT2D eigenvalue weighted by Gasteiger charge is -2.19. The Hall–Kier alpha value is -1.31. The second-order valence-electron chi connectivity index (χ2n) is 6.31. The third kappa shape index (κ3) is 3.23. The van der Waals surface area contributed by atoms with E-state index in [0.29, 0.717) is 6.04 Å². The van der Waals surface area contributed by atoms with Crippen LogP contribution in [0.3, 0.4) is 0 Å². The van der Waals surface area contributed by atoms with E-state index in [0.717, 1.165) is 6.54 Å². The first-order chi connectivity index (χ1) is 9.83. The maximum atomic E-state index is 3.66. The fraction of sp³-hybridized carbons (Fsp3) is 0.611. The van der Waals surface area contributed by atoms with Crippen molar-refractivity contribution in [3.63, 3.8) is 0 Å². The number of hydrazine groups is 1. The van der Waals surface area contributed by atoms with E-state index in [4.69, 9.17) is 0 Å². The molecule has 2 aliphatic rings. The second-order valence-corrected chi connectivity index (χ2v) is 6.31. The van der Waals surface area contributed by atoms with Crippen LogP contribution < -0.4 is 5.43 Å². The molecule has 2 heteroatoms. The number of nitrogens with zero attached hydrogens (tertiary/aromatic N) is 1. The maximum Gasteiger partial charge on any atom is 0.171 e. The third-order valence-electron chi connectivity index (χ3n) is 4.68. The molecule has 0 saturated heterocycles. The molecule has 0 bridgehead atoms. The average Bonchev–Trinajstić information content (AvgIpc) is 2.75. The van der Waals surface area contributed by atoms with Crippen LogP contribution in [-0.4, -0.2) is 17.4 Å². The van der Waals surface area contributed by atoms with Crippen molar-refractivity contribution in [2.24, 2.45) is 0 Å². The van der Waals surface area contributed by atoms with E-state index < -0.39 is 0 Å². The summed E-state index contributed by atoms with van der Waals surface area (Å²) in [6.45, 7) is 3.43. The molecule has 1 heterocycles. The highest BCUT2D eigenvalue weighted by Crippen LogP contribution is 2.24. The quantitative estimate of drug-likeness (QED) is 0.827. The summed E-state index contributed by atoms with van der Waals surface area (Å²) >= 11 is 0. The topological polar surface area (TPSA) is 15.0 Å². The first-order valence-electron chi connectivity index (χ1n) is 8.31. The van der Waals surface area contributed by atoms with Crippen molar-refractivity contribution in [2.45, 2.75) is 64.3 Å². The molecule has 2 nitrogen and oxygen atoms in total. The zero-order chi connectivity index (χ0) is 13.8. The number of hydrogen-bond acceptors (Lipinski definition) is 1. The number of fused-ring (bicyclic) bond motifs is 1. The van der Waals surface area contributed by atoms with Crippen molar-refractivity contribution in [1.82, 2.24) is 5.43 Å². The molecule has 1 unspecified atom stereocenters. The Balaban J connectivity index is 1.70. The number of benzene rings is 1. The molecule has 20 heavy (non-hydrogen) atoms. The Morgan fingerprint density at radius 2 is 1.85 bits per heavy atom. The van der Waals surface area contributed by atoms with E-state index in [2.05, 4.69) is 41.4 Å². The normalized spacial score (nSPS) is 20.6. The monoisotopic (exact) mass is 271 g/mol. The predicted octanol–water partition coefficient (Wildman–Crippen LogP) is 3.79. The van der Waals surface area contributed by atoms with Gasteiger partial charge in [0.05, 0.1) is 0 Å². The van der Waals surface area contributed by atoms with Crippen LogP contribution in [0.1, 0.15) is 68.2 Å². The van der Waals surface area contributed by atoms with Gasteiger partial charge in [0.15, 0.2) is 12.8 Å². The molecule has 1 aliphatic carbocycles. The molecule has 0 saturated carbocycles. The van der Waals surface area contributed by atoms with Crippen molar-refractivity contribution >= 4 is 6.21 Å². The smallest absolute Gasteiger partial charge is 0.171 e. The highest BCUT2D eigenvalue weighted by molar-refractivity contribution is 5.51. The van der Waals surface area contributed by atoms with Gasteiger partial charge in [-0.15, -0.1) is 4.68 Å². The second kappa shape index (κ2) is 6.43. The lowest BCUT2D eigenvalue weighted by Crippen LogP contribution is -2.32. The summed E-state index contributed by atoms with van der Waals surface area (Å²) in [7, 11) is 0. The van der Waals surface area contributed by atoms with Gasteiger partial charge in [-0.25, -0.2) is 0 Å². The maximum absolute atomic E-state index is 3.66. The molecule has 0 amide bonds. The molecule has 0 aromatic heterocycles. The number of rotatable bonds is 3. The summed E-state index contributed by atoms with van der Waals surface area (Å²) in [6.07, 6.45) is 12.8. The summed E-state index contributed by atoms with van der Waals surface area (Å²) in [5, 5.41) is 0. The van der Waals surface area contributed by atoms with Crippen LogP contribution in [-0.2, 0) is 12.8 Å². The van der Waals surface area contributed by atoms with Gasteiger partial charge in [-0.3, -0.25) is 0 Å². The first kappa shape index (κ1) is 13.7. The molecule has 0 spiro atoms. The van der Waals surface area contributed by atoms with E-state index in [1.165, 1.54) is 56.9 Å². The lowest BCUT2D eigenvalue weighted by molar-refractivity contribution is -0.590. The zero-order valence-corrected chi connectivity index (χ0v) is 12.7.